The molecule has 3 rings (SSSR count). The molecule has 0 aliphatic rings. The van der Waals surface area contributed by atoms with E-state index < -0.39 is 11.8 Å². The first-order valence-electron chi connectivity index (χ1n) is 8.61. The summed E-state index contributed by atoms with van der Waals surface area (Å²) in [5.41, 5.74) is 3.80. The van der Waals surface area contributed by atoms with E-state index in [1.807, 2.05) is 48.0 Å². The lowest BCUT2D eigenvalue weighted by Crippen LogP contribution is -2.35. The van der Waals surface area contributed by atoms with E-state index in [0.717, 1.165) is 11.3 Å². The molecule has 7 heteroatoms. The van der Waals surface area contributed by atoms with Gasteiger partial charge in [0.15, 0.2) is 0 Å². The maximum atomic E-state index is 12.2. The van der Waals surface area contributed by atoms with Crippen LogP contribution in [0, 0.1) is 13.8 Å². The number of pyridine rings is 1. The number of anilines is 1. The van der Waals surface area contributed by atoms with E-state index >= 15 is 0 Å². The van der Waals surface area contributed by atoms with E-state index in [4.69, 9.17) is 0 Å². The van der Waals surface area contributed by atoms with Crippen molar-refractivity contribution in [1.29, 1.82) is 0 Å². The van der Waals surface area contributed by atoms with Gasteiger partial charge in [-0.3, -0.25) is 19.3 Å². The van der Waals surface area contributed by atoms with E-state index in [1.54, 1.807) is 25.3 Å². The first-order valence-corrected chi connectivity index (χ1v) is 8.61. The van der Waals surface area contributed by atoms with Crippen molar-refractivity contribution in [3.05, 3.63) is 77.4 Å². The number of rotatable bonds is 5. The van der Waals surface area contributed by atoms with Crippen molar-refractivity contribution < 1.29 is 9.59 Å². The Hall–Kier alpha value is -3.48. The van der Waals surface area contributed by atoms with Crippen LogP contribution in [0.3, 0.4) is 0 Å². The van der Waals surface area contributed by atoms with Crippen molar-refractivity contribution in [2.45, 2.75) is 26.9 Å². The standard InChI is InChI=1S/C20H21N5O2/c1-14-18(15(2)25(24-14)13-16-8-4-3-5-9-16)23-20(27)19(26)22-12-17-10-6-7-11-21-17/h3-11H,12-13H2,1-2H3,(H,22,26)(H,23,27). The first-order chi connectivity index (χ1) is 13.0. The van der Waals surface area contributed by atoms with Gasteiger partial charge in [0.25, 0.3) is 0 Å². The molecule has 7 nitrogen and oxygen atoms in total. The zero-order chi connectivity index (χ0) is 19.2. The fraction of sp³-hybridized carbons (Fsp3) is 0.200. The molecule has 0 saturated carbocycles. The normalized spacial score (nSPS) is 10.4. The quantitative estimate of drug-likeness (QED) is 0.680. The Morgan fingerprint density at radius 3 is 2.44 bits per heavy atom. The molecular weight excluding hydrogens is 342 g/mol. The average molecular weight is 363 g/mol. The molecule has 2 N–H and O–H groups in total. The van der Waals surface area contributed by atoms with Crippen LogP contribution in [0.25, 0.3) is 0 Å². The second kappa shape index (κ2) is 8.27. The van der Waals surface area contributed by atoms with Gasteiger partial charge in [-0.1, -0.05) is 36.4 Å². The number of aryl methyl sites for hydroxylation is 1. The highest BCUT2D eigenvalue weighted by molar-refractivity contribution is 6.39. The molecule has 0 aliphatic carbocycles. The Labute approximate surface area is 157 Å². The van der Waals surface area contributed by atoms with Gasteiger partial charge in [0.05, 0.1) is 35.9 Å². The molecular formula is C20H21N5O2. The van der Waals surface area contributed by atoms with Crippen LogP contribution in [0.2, 0.25) is 0 Å². The van der Waals surface area contributed by atoms with Crippen LogP contribution in [-0.2, 0) is 22.7 Å². The average Bonchev–Trinajstić information content (AvgIpc) is 2.95. The van der Waals surface area contributed by atoms with E-state index in [2.05, 4.69) is 20.7 Å². The minimum absolute atomic E-state index is 0.193. The summed E-state index contributed by atoms with van der Waals surface area (Å²) in [5.74, 6) is -1.44. The number of aromatic nitrogens is 3. The zero-order valence-corrected chi connectivity index (χ0v) is 15.3. The molecule has 0 fully saturated rings. The summed E-state index contributed by atoms with van der Waals surface area (Å²) in [6, 6.07) is 15.3. The molecule has 0 bridgehead atoms. The minimum Gasteiger partial charge on any atom is -0.342 e. The van der Waals surface area contributed by atoms with E-state index in [9.17, 15) is 9.59 Å². The molecule has 2 heterocycles. The second-order valence-electron chi connectivity index (χ2n) is 6.15. The van der Waals surface area contributed by atoms with Crippen LogP contribution < -0.4 is 10.6 Å². The van der Waals surface area contributed by atoms with Crippen molar-refractivity contribution in [2.24, 2.45) is 0 Å². The van der Waals surface area contributed by atoms with E-state index in [-0.39, 0.29) is 6.54 Å². The van der Waals surface area contributed by atoms with Crippen LogP contribution >= 0.6 is 0 Å². The summed E-state index contributed by atoms with van der Waals surface area (Å²) in [7, 11) is 0. The Bertz CT molecular complexity index is 936. The minimum atomic E-state index is -0.726. The summed E-state index contributed by atoms with van der Waals surface area (Å²) in [5, 5.41) is 9.70. The predicted molar refractivity (Wildman–Crippen MR) is 102 cm³/mol. The summed E-state index contributed by atoms with van der Waals surface area (Å²) in [6.07, 6.45) is 1.63. The number of amides is 2. The topological polar surface area (TPSA) is 88.9 Å². The number of nitrogens with one attached hydrogen (secondary N) is 2. The molecule has 27 heavy (non-hydrogen) atoms. The molecule has 1 aromatic carbocycles. The molecule has 2 aromatic heterocycles. The van der Waals surface area contributed by atoms with Gasteiger partial charge in [0, 0.05) is 6.20 Å². The monoisotopic (exact) mass is 363 g/mol. The zero-order valence-electron chi connectivity index (χ0n) is 15.3. The van der Waals surface area contributed by atoms with Crippen molar-refractivity contribution in [2.75, 3.05) is 5.32 Å². The molecule has 0 radical (unpaired) electrons. The van der Waals surface area contributed by atoms with Crippen LogP contribution in [0.15, 0.2) is 54.7 Å². The highest BCUT2D eigenvalue weighted by atomic mass is 16.2. The number of benzene rings is 1. The Morgan fingerprint density at radius 1 is 1.00 bits per heavy atom. The maximum absolute atomic E-state index is 12.2. The smallest absolute Gasteiger partial charge is 0.313 e. The van der Waals surface area contributed by atoms with Crippen molar-refractivity contribution >= 4 is 17.5 Å². The van der Waals surface area contributed by atoms with Crippen LogP contribution in [-0.4, -0.2) is 26.6 Å². The third kappa shape index (κ3) is 4.58. The lowest BCUT2D eigenvalue weighted by Gasteiger charge is -2.08. The fourth-order valence-electron chi connectivity index (χ4n) is 2.71. The maximum Gasteiger partial charge on any atom is 0.313 e. The summed E-state index contributed by atoms with van der Waals surface area (Å²) >= 11 is 0. The van der Waals surface area contributed by atoms with Gasteiger partial charge in [0.1, 0.15) is 0 Å². The lowest BCUT2D eigenvalue weighted by atomic mass is 10.2. The third-order valence-electron chi connectivity index (χ3n) is 4.16. The van der Waals surface area contributed by atoms with E-state index in [1.165, 1.54) is 0 Å². The summed E-state index contributed by atoms with van der Waals surface area (Å²) in [6.45, 7) is 4.45. The third-order valence-corrected chi connectivity index (χ3v) is 4.16. The van der Waals surface area contributed by atoms with Crippen molar-refractivity contribution in [1.82, 2.24) is 20.1 Å². The van der Waals surface area contributed by atoms with Gasteiger partial charge in [-0.15, -0.1) is 0 Å². The molecule has 0 saturated heterocycles. The number of carbonyl (C=O) groups is 2. The molecule has 0 aliphatic heterocycles. The number of nitrogens with zero attached hydrogens (tertiary/aromatic N) is 3. The molecule has 138 valence electrons. The molecule has 3 aromatic rings. The van der Waals surface area contributed by atoms with Gasteiger partial charge in [-0.25, -0.2) is 0 Å². The number of hydrogen-bond donors (Lipinski definition) is 2. The fourth-order valence-corrected chi connectivity index (χ4v) is 2.71. The lowest BCUT2D eigenvalue weighted by molar-refractivity contribution is -0.136. The van der Waals surface area contributed by atoms with E-state index in [0.29, 0.717) is 23.6 Å². The molecule has 2 amide bonds. The molecule has 0 atom stereocenters. The van der Waals surface area contributed by atoms with Gasteiger partial charge in [-0.05, 0) is 31.5 Å². The SMILES string of the molecule is Cc1nn(Cc2ccccc2)c(C)c1NC(=O)C(=O)NCc1ccccn1. The van der Waals surface area contributed by atoms with Gasteiger partial charge in [-0.2, -0.15) is 5.10 Å². The van der Waals surface area contributed by atoms with Crippen LogP contribution in [0.5, 0.6) is 0 Å². The Kier molecular flexibility index (Phi) is 5.61. The van der Waals surface area contributed by atoms with Crippen molar-refractivity contribution in [3.63, 3.8) is 0 Å². The van der Waals surface area contributed by atoms with Gasteiger partial charge < -0.3 is 10.6 Å². The Balaban J connectivity index is 1.64. The highest BCUT2D eigenvalue weighted by Gasteiger charge is 2.19. The second-order valence-corrected chi connectivity index (χ2v) is 6.15. The van der Waals surface area contributed by atoms with Gasteiger partial charge >= 0.3 is 11.8 Å². The predicted octanol–water partition coefficient (Wildman–Crippen LogP) is 2.20. The molecule has 0 spiro atoms. The number of hydrogen-bond acceptors (Lipinski definition) is 4. The number of carbonyl (C=O) groups excluding carboxylic acids is 2. The first kappa shape index (κ1) is 18.3. The van der Waals surface area contributed by atoms with Crippen LogP contribution in [0.4, 0.5) is 5.69 Å². The summed E-state index contributed by atoms with van der Waals surface area (Å²) in [4.78, 5) is 28.4. The Morgan fingerprint density at radius 2 is 1.74 bits per heavy atom. The molecule has 0 unspecified atom stereocenters. The largest absolute Gasteiger partial charge is 0.342 e. The highest BCUT2D eigenvalue weighted by Crippen LogP contribution is 2.20. The summed E-state index contributed by atoms with van der Waals surface area (Å²) < 4.78 is 1.81. The van der Waals surface area contributed by atoms with Crippen molar-refractivity contribution in [3.8, 4) is 0 Å². The van der Waals surface area contributed by atoms with Crippen LogP contribution in [0.1, 0.15) is 22.6 Å². The van der Waals surface area contributed by atoms with Gasteiger partial charge in [0.2, 0.25) is 0 Å².